The van der Waals surface area contributed by atoms with E-state index in [4.69, 9.17) is 22.3 Å². The van der Waals surface area contributed by atoms with Crippen molar-refractivity contribution in [2.75, 3.05) is 19.7 Å². The number of primary amides is 1. The smallest absolute Gasteiger partial charge is 0.247 e. The van der Waals surface area contributed by atoms with Gasteiger partial charge >= 0.3 is 0 Å². The number of likely N-dealkylation sites (tertiary alicyclic amines) is 1. The molecule has 1 heterocycles. The first-order valence-electron chi connectivity index (χ1n) is 7.20. The second-order valence-electron chi connectivity index (χ2n) is 5.36. The highest BCUT2D eigenvalue weighted by Crippen LogP contribution is 2.21. The van der Waals surface area contributed by atoms with Crippen molar-refractivity contribution in [1.29, 1.82) is 0 Å². The van der Waals surface area contributed by atoms with Gasteiger partial charge < -0.3 is 27.2 Å². The minimum absolute atomic E-state index is 0.0637. The van der Waals surface area contributed by atoms with E-state index in [1.54, 1.807) is 4.90 Å². The van der Waals surface area contributed by atoms with Gasteiger partial charge in [0.1, 0.15) is 6.04 Å². The van der Waals surface area contributed by atoms with E-state index in [-0.39, 0.29) is 31.3 Å². The highest BCUT2D eigenvalue weighted by Gasteiger charge is 2.28. The van der Waals surface area contributed by atoms with Crippen LogP contribution in [0.5, 0.6) is 0 Å². The van der Waals surface area contributed by atoms with Crippen LogP contribution in [0.1, 0.15) is 32.1 Å². The molecule has 1 fully saturated rings. The van der Waals surface area contributed by atoms with Crippen molar-refractivity contribution in [3.8, 4) is 0 Å². The van der Waals surface area contributed by atoms with Crippen LogP contribution in [0.25, 0.3) is 0 Å². The normalized spacial score (nSPS) is 17.3. The summed E-state index contributed by atoms with van der Waals surface area (Å²) in [4.78, 5) is 28.9. The number of aliphatic imine (C=N–C) groups is 1. The SMILES string of the molecule is NC(=O)CC[C@H](N=C(N)N)C(=O)N1CCC(CCO)CC1. The van der Waals surface area contributed by atoms with Gasteiger partial charge in [-0.05, 0) is 31.6 Å². The van der Waals surface area contributed by atoms with Crippen LogP contribution in [0, 0.1) is 5.92 Å². The zero-order valence-corrected chi connectivity index (χ0v) is 12.2. The molecule has 0 aliphatic carbocycles. The van der Waals surface area contributed by atoms with Gasteiger partial charge in [-0.3, -0.25) is 9.59 Å². The Morgan fingerprint density at radius 1 is 1.24 bits per heavy atom. The fourth-order valence-corrected chi connectivity index (χ4v) is 2.54. The van der Waals surface area contributed by atoms with Gasteiger partial charge in [0.05, 0.1) is 0 Å². The molecule has 120 valence electrons. The Kier molecular flexibility index (Phi) is 6.93. The van der Waals surface area contributed by atoms with Crippen LogP contribution in [0.2, 0.25) is 0 Å². The van der Waals surface area contributed by atoms with Gasteiger partial charge in [0.25, 0.3) is 0 Å². The summed E-state index contributed by atoms with van der Waals surface area (Å²) in [6.45, 7) is 1.42. The average Bonchev–Trinajstić information content (AvgIpc) is 2.43. The average molecular weight is 299 g/mol. The second kappa shape index (κ2) is 8.46. The van der Waals surface area contributed by atoms with Crippen LogP contribution >= 0.6 is 0 Å². The van der Waals surface area contributed by atoms with Crippen LogP contribution in [0.3, 0.4) is 0 Å². The first-order valence-corrected chi connectivity index (χ1v) is 7.20. The Labute approximate surface area is 124 Å². The van der Waals surface area contributed by atoms with E-state index in [0.29, 0.717) is 19.0 Å². The standard InChI is InChI=1S/C13H25N5O3/c14-11(20)2-1-10(17-13(15)16)12(21)18-6-3-9(4-7-18)5-8-19/h9-10,19H,1-8H2,(H2,14,20)(H4,15,16,17)/t10-/m0/s1. The monoisotopic (exact) mass is 299 g/mol. The maximum atomic E-state index is 12.4. The molecule has 0 saturated carbocycles. The molecule has 1 aliphatic heterocycles. The van der Waals surface area contributed by atoms with E-state index in [2.05, 4.69) is 4.99 Å². The highest BCUT2D eigenvalue weighted by atomic mass is 16.3. The van der Waals surface area contributed by atoms with E-state index >= 15 is 0 Å². The molecule has 2 amide bonds. The third kappa shape index (κ3) is 5.99. The molecule has 1 saturated heterocycles. The van der Waals surface area contributed by atoms with E-state index in [9.17, 15) is 9.59 Å². The summed E-state index contributed by atoms with van der Waals surface area (Å²) in [5.41, 5.74) is 15.8. The molecule has 1 aliphatic rings. The van der Waals surface area contributed by atoms with Crippen LogP contribution in [0.4, 0.5) is 0 Å². The number of guanidine groups is 1. The molecule has 0 aromatic rings. The lowest BCUT2D eigenvalue weighted by molar-refractivity contribution is -0.134. The predicted molar refractivity (Wildman–Crippen MR) is 79.0 cm³/mol. The van der Waals surface area contributed by atoms with Crippen LogP contribution in [-0.4, -0.2) is 53.5 Å². The number of amides is 2. The van der Waals surface area contributed by atoms with Crippen LogP contribution < -0.4 is 17.2 Å². The molecule has 0 bridgehead atoms. The fraction of sp³-hybridized carbons (Fsp3) is 0.769. The molecule has 1 rings (SSSR count). The van der Waals surface area contributed by atoms with Crippen LogP contribution in [0.15, 0.2) is 4.99 Å². The zero-order chi connectivity index (χ0) is 15.8. The molecule has 21 heavy (non-hydrogen) atoms. The number of nitrogens with zero attached hydrogens (tertiary/aromatic N) is 2. The molecule has 0 radical (unpaired) electrons. The third-order valence-corrected chi connectivity index (χ3v) is 3.72. The Bertz CT molecular complexity index is 387. The summed E-state index contributed by atoms with van der Waals surface area (Å²) in [5.74, 6) is -0.383. The van der Waals surface area contributed by atoms with Gasteiger partial charge in [-0.25, -0.2) is 4.99 Å². The van der Waals surface area contributed by atoms with Crippen molar-refractivity contribution in [2.45, 2.75) is 38.1 Å². The Balaban J connectivity index is 2.60. The highest BCUT2D eigenvalue weighted by molar-refractivity contribution is 5.86. The lowest BCUT2D eigenvalue weighted by atomic mass is 9.93. The van der Waals surface area contributed by atoms with E-state index in [1.807, 2.05) is 0 Å². The minimum Gasteiger partial charge on any atom is -0.396 e. The van der Waals surface area contributed by atoms with E-state index in [1.165, 1.54) is 0 Å². The summed E-state index contributed by atoms with van der Waals surface area (Å²) in [5, 5.41) is 8.93. The number of piperidine rings is 1. The summed E-state index contributed by atoms with van der Waals surface area (Å²) in [6, 6.07) is -0.753. The lowest BCUT2D eigenvalue weighted by Crippen LogP contribution is -2.44. The van der Waals surface area contributed by atoms with Gasteiger partial charge in [0.2, 0.25) is 11.8 Å². The molecule has 7 N–H and O–H groups in total. The topological polar surface area (TPSA) is 148 Å². The number of carbonyl (C=O) groups is 2. The van der Waals surface area contributed by atoms with Crippen molar-refractivity contribution in [3.63, 3.8) is 0 Å². The molecule has 0 aromatic carbocycles. The quantitative estimate of drug-likeness (QED) is 0.334. The molecule has 0 spiro atoms. The first kappa shape index (κ1) is 17.2. The number of aliphatic hydroxyl groups excluding tert-OH is 1. The van der Waals surface area contributed by atoms with Crippen LogP contribution in [-0.2, 0) is 9.59 Å². The number of carbonyl (C=O) groups excluding carboxylic acids is 2. The van der Waals surface area contributed by atoms with E-state index < -0.39 is 11.9 Å². The van der Waals surface area contributed by atoms with Gasteiger partial charge in [-0.2, -0.15) is 0 Å². The number of hydrogen-bond donors (Lipinski definition) is 4. The van der Waals surface area contributed by atoms with Crippen molar-refractivity contribution in [3.05, 3.63) is 0 Å². The molecular weight excluding hydrogens is 274 g/mol. The summed E-state index contributed by atoms with van der Waals surface area (Å²) in [6.07, 6.45) is 2.76. The number of hydrogen-bond acceptors (Lipinski definition) is 4. The van der Waals surface area contributed by atoms with Gasteiger partial charge in [-0.15, -0.1) is 0 Å². The molecule has 0 unspecified atom stereocenters. The first-order chi connectivity index (χ1) is 9.93. The molecule has 1 atom stereocenters. The molecule has 8 nitrogen and oxygen atoms in total. The summed E-state index contributed by atoms with van der Waals surface area (Å²) < 4.78 is 0. The second-order valence-corrected chi connectivity index (χ2v) is 5.36. The number of nitrogens with two attached hydrogens (primary N) is 3. The van der Waals surface area contributed by atoms with Gasteiger partial charge in [0, 0.05) is 26.1 Å². The maximum absolute atomic E-state index is 12.4. The number of rotatable bonds is 7. The molecule has 0 aromatic heterocycles. The molecular formula is C13H25N5O3. The summed E-state index contributed by atoms with van der Waals surface area (Å²) >= 11 is 0. The van der Waals surface area contributed by atoms with Gasteiger partial charge in [0.15, 0.2) is 5.96 Å². The van der Waals surface area contributed by atoms with E-state index in [0.717, 1.165) is 19.3 Å². The third-order valence-electron chi connectivity index (χ3n) is 3.72. The summed E-state index contributed by atoms with van der Waals surface area (Å²) in [7, 11) is 0. The predicted octanol–water partition coefficient (Wildman–Crippen LogP) is -1.49. The maximum Gasteiger partial charge on any atom is 0.247 e. The van der Waals surface area contributed by atoms with Crippen molar-refractivity contribution >= 4 is 17.8 Å². The van der Waals surface area contributed by atoms with Crippen molar-refractivity contribution < 1.29 is 14.7 Å². The largest absolute Gasteiger partial charge is 0.396 e. The minimum atomic E-state index is -0.753. The molecule has 8 heteroatoms. The lowest BCUT2D eigenvalue weighted by Gasteiger charge is -2.33. The zero-order valence-electron chi connectivity index (χ0n) is 12.2. The fourth-order valence-electron chi connectivity index (χ4n) is 2.54. The Morgan fingerprint density at radius 2 is 1.86 bits per heavy atom. The van der Waals surface area contributed by atoms with Crippen molar-refractivity contribution in [1.82, 2.24) is 4.90 Å². The van der Waals surface area contributed by atoms with Gasteiger partial charge in [-0.1, -0.05) is 0 Å². The Hall–Kier alpha value is -1.83. The van der Waals surface area contributed by atoms with Crippen molar-refractivity contribution in [2.24, 2.45) is 28.1 Å². The number of aliphatic hydroxyl groups is 1. The Morgan fingerprint density at radius 3 is 2.33 bits per heavy atom.